The summed E-state index contributed by atoms with van der Waals surface area (Å²) in [7, 11) is 7.15. The fourth-order valence-electron chi connectivity index (χ4n) is 12.5. The number of likely N-dealkylation sites (N-methyl/N-ethyl adjacent to an activating group) is 2. The van der Waals surface area contributed by atoms with E-state index in [9.17, 15) is 19.2 Å². The van der Waals surface area contributed by atoms with Crippen LogP contribution >= 0.6 is 0 Å². The summed E-state index contributed by atoms with van der Waals surface area (Å²) in [6, 6.07) is 61.8. The Bertz CT molecular complexity index is 5370. The lowest BCUT2D eigenvalue weighted by atomic mass is 10.0. The van der Waals surface area contributed by atoms with Crippen molar-refractivity contribution < 1.29 is 9.59 Å². The van der Waals surface area contributed by atoms with Crippen molar-refractivity contribution in [2.24, 2.45) is 14.1 Å². The number of imidazole rings is 2. The molecule has 8 aromatic carbocycles. The lowest BCUT2D eigenvalue weighted by Gasteiger charge is -2.10. The number of rotatable bonds is 16. The summed E-state index contributed by atoms with van der Waals surface area (Å²) < 4.78 is 3.21. The first-order chi connectivity index (χ1) is 49.6. The van der Waals surface area contributed by atoms with E-state index < -0.39 is 0 Å². The number of carbonyl (C=O) groups is 2. The van der Waals surface area contributed by atoms with Gasteiger partial charge in [-0.2, -0.15) is 0 Å². The van der Waals surface area contributed by atoms with Crippen LogP contribution in [0, 0.1) is 13.8 Å². The topological polar surface area (TPSA) is 219 Å². The Kier molecular flexibility index (Phi) is 20.8. The van der Waals surface area contributed by atoms with E-state index in [2.05, 4.69) is 161 Å². The molecule has 0 radical (unpaired) electrons. The van der Waals surface area contributed by atoms with Gasteiger partial charge in [-0.15, -0.1) is 0 Å². The van der Waals surface area contributed by atoms with Gasteiger partial charge in [-0.05, 0) is 144 Å². The number of hydrogen-bond donors (Lipinski definition) is 2. The van der Waals surface area contributed by atoms with Crippen molar-refractivity contribution >= 4 is 45.3 Å². The average molecular weight is 1350 g/mol. The quantitative estimate of drug-likeness (QED) is 0.0923. The summed E-state index contributed by atoms with van der Waals surface area (Å²) in [6.07, 6.45) is 22.8. The summed E-state index contributed by atoms with van der Waals surface area (Å²) in [4.78, 5) is 92.2. The molecule has 0 spiro atoms. The molecule has 0 unspecified atom stereocenters. The molecule has 2 amide bonds. The van der Waals surface area contributed by atoms with Crippen molar-refractivity contribution in [1.29, 1.82) is 0 Å². The van der Waals surface area contributed by atoms with E-state index in [-0.39, 0.29) is 23.2 Å². The number of aromatic amines is 2. The van der Waals surface area contributed by atoms with E-state index in [1.54, 1.807) is 33.0 Å². The van der Waals surface area contributed by atoms with Crippen molar-refractivity contribution in [3.8, 4) is 44.5 Å². The molecule has 0 saturated heterocycles. The summed E-state index contributed by atoms with van der Waals surface area (Å²) in [5.41, 5.74) is 23.0. The number of hydrogen-bond acceptors (Lipinski definition) is 12. The van der Waals surface area contributed by atoms with Crippen LogP contribution in [0.25, 0.3) is 66.6 Å². The first-order valence-corrected chi connectivity index (χ1v) is 34.2. The Morgan fingerprint density at radius 2 is 0.598 bits per heavy atom. The minimum atomic E-state index is -0.111. The zero-order chi connectivity index (χ0) is 70.6. The largest absolute Gasteiger partial charge is 0.326 e. The summed E-state index contributed by atoms with van der Waals surface area (Å²) in [5.74, 6) is 3.65. The van der Waals surface area contributed by atoms with Crippen LogP contribution in [-0.2, 0) is 87.9 Å². The fourth-order valence-corrected chi connectivity index (χ4v) is 12.5. The second-order valence-electron chi connectivity index (χ2n) is 25.9. The van der Waals surface area contributed by atoms with Crippen molar-refractivity contribution in [3.63, 3.8) is 0 Å². The lowest BCUT2D eigenvalue weighted by Crippen LogP contribution is -2.20. The summed E-state index contributed by atoms with van der Waals surface area (Å²) >= 11 is 0. The molecular formula is C84H78N14O4. The molecule has 8 heterocycles. The molecule has 102 heavy (non-hydrogen) atoms. The van der Waals surface area contributed by atoms with Crippen LogP contribution in [0.15, 0.2) is 241 Å². The molecule has 16 rings (SSSR count). The maximum atomic E-state index is 11.8. The molecule has 18 heteroatoms. The van der Waals surface area contributed by atoms with Gasteiger partial charge in [-0.25, -0.2) is 49.5 Å². The van der Waals surface area contributed by atoms with Gasteiger partial charge in [0.1, 0.15) is 23.3 Å². The lowest BCUT2D eigenvalue weighted by molar-refractivity contribution is -0.117. The Labute approximate surface area is 591 Å². The van der Waals surface area contributed by atoms with Crippen molar-refractivity contribution in [2.45, 2.75) is 78.1 Å². The minimum absolute atomic E-state index is 0.111. The highest BCUT2D eigenvalue weighted by molar-refractivity contribution is 6.02. The van der Waals surface area contributed by atoms with Crippen molar-refractivity contribution in [3.05, 3.63) is 320 Å². The number of aromatic nitrogens is 12. The molecule has 508 valence electrons. The molecule has 18 nitrogen and oxygen atoms in total. The van der Waals surface area contributed by atoms with E-state index in [0.717, 1.165) is 164 Å². The van der Waals surface area contributed by atoms with E-state index in [4.69, 9.17) is 0 Å². The van der Waals surface area contributed by atoms with Crippen molar-refractivity contribution in [2.75, 3.05) is 23.9 Å². The zero-order valence-corrected chi connectivity index (χ0v) is 58.0. The van der Waals surface area contributed by atoms with E-state index in [1.165, 1.54) is 33.4 Å². The monoisotopic (exact) mass is 1350 g/mol. The Hall–Kier alpha value is -12.4. The second kappa shape index (κ2) is 31.2. The van der Waals surface area contributed by atoms with Crippen LogP contribution in [0.2, 0.25) is 0 Å². The zero-order valence-electron chi connectivity index (χ0n) is 58.0. The SMILES string of the molecule is CN1C(=O)Cc2cc(-c3cnc(CCc4ccccc4)nc3)ccc21.Cc1ccc(CCc2ncc(-c3ccc4[nH]c(=O)n(C)c4c3)cn2)cc1.Cc1ccc(CCc2ncc(-c3ccc4c(c3)CC(=O)N4C)cn2)cc1.Cn1c(=O)[nH]c2ccc(-c3cnc(CCc4ccccc4)nc3)cc21. The summed E-state index contributed by atoms with van der Waals surface area (Å²) in [6.45, 7) is 4.19. The van der Waals surface area contributed by atoms with Gasteiger partial charge in [0.05, 0.1) is 34.9 Å². The Morgan fingerprint density at radius 3 is 0.912 bits per heavy atom. The van der Waals surface area contributed by atoms with E-state index in [1.807, 2.05) is 149 Å². The molecule has 6 aromatic heterocycles. The molecule has 0 fully saturated rings. The molecule has 0 bridgehead atoms. The molecule has 2 aliphatic rings. The highest BCUT2D eigenvalue weighted by atomic mass is 16.2. The number of H-pyrrole nitrogens is 2. The molecule has 0 atom stereocenters. The highest BCUT2D eigenvalue weighted by Gasteiger charge is 2.26. The van der Waals surface area contributed by atoms with Crippen LogP contribution in [0.1, 0.15) is 67.8 Å². The van der Waals surface area contributed by atoms with Gasteiger partial charge in [0.2, 0.25) is 11.8 Å². The average Bonchev–Trinajstić information content (AvgIpc) is 1.65. The fraction of sp³-hybridized carbons (Fsp3) is 0.190. The maximum Gasteiger partial charge on any atom is 0.326 e. The standard InChI is InChI=1S/C22H21N3O.C21H20N4O.C21H19N3O.C20H18N4O/c1-15-3-5-16(6-4-15)7-10-21-23-13-19(14-24-21)17-8-9-20-18(11-17)12-22(26)25(20)2;1-14-3-5-15(6-4-14)7-10-20-22-12-17(13-23-20)16-8-9-18-19(11-16)25(2)21(26)24-18;1-24-19-9-8-16(11-17(19)12-21(24)25)18-13-22-20(23-14-18)10-7-15-5-3-2-4-6-15;1-24-18-11-15(8-9-17(18)23-20(24)25)16-12-21-19(22-13-16)10-7-14-5-3-2-4-6-14/h3-6,8-9,11,13-14H,7,10,12H2,1-2H3;3-6,8-9,11-13H,7,10H2,1-2H3,(H,24,26);2-6,8-9,11,13-14H,7,10,12H2,1H3;2-6,8-9,11-13H,7,10H2,1H3,(H,23,25). The van der Waals surface area contributed by atoms with E-state index in [0.29, 0.717) is 12.8 Å². The number of anilines is 2. The predicted molar refractivity (Wildman–Crippen MR) is 403 cm³/mol. The van der Waals surface area contributed by atoms with Crippen LogP contribution in [-0.4, -0.2) is 84.9 Å². The third-order valence-corrected chi connectivity index (χ3v) is 18.8. The van der Waals surface area contributed by atoms with Crippen LogP contribution in [0.4, 0.5) is 11.4 Å². The third kappa shape index (κ3) is 16.5. The van der Waals surface area contributed by atoms with Gasteiger partial charge in [-0.1, -0.05) is 145 Å². The van der Waals surface area contributed by atoms with Gasteiger partial charge in [0.15, 0.2) is 0 Å². The molecule has 2 aliphatic heterocycles. The van der Waals surface area contributed by atoms with Gasteiger partial charge < -0.3 is 19.8 Å². The minimum Gasteiger partial charge on any atom is -0.315 e. The molecule has 0 aliphatic carbocycles. The Morgan fingerprint density at radius 1 is 0.314 bits per heavy atom. The Balaban J connectivity index is 0.000000121. The molecule has 14 aromatic rings. The highest BCUT2D eigenvalue weighted by Crippen LogP contribution is 2.34. The van der Waals surface area contributed by atoms with Crippen LogP contribution in [0.3, 0.4) is 0 Å². The molecule has 0 saturated carbocycles. The van der Waals surface area contributed by atoms with Crippen LogP contribution in [0.5, 0.6) is 0 Å². The number of fused-ring (bicyclic) bond motifs is 4. The number of amides is 2. The predicted octanol–water partition coefficient (Wildman–Crippen LogP) is 13.7. The van der Waals surface area contributed by atoms with Gasteiger partial charge in [0.25, 0.3) is 0 Å². The number of carbonyl (C=O) groups excluding carboxylic acids is 2. The number of aryl methyl sites for hydroxylation is 12. The first kappa shape index (κ1) is 68.1. The van der Waals surface area contributed by atoms with Crippen LogP contribution < -0.4 is 21.2 Å². The normalized spacial score (nSPS) is 12.1. The van der Waals surface area contributed by atoms with Crippen molar-refractivity contribution in [1.82, 2.24) is 59.0 Å². The second-order valence-corrected chi connectivity index (χ2v) is 25.9. The first-order valence-electron chi connectivity index (χ1n) is 34.2. The van der Waals surface area contributed by atoms with Gasteiger partial charge in [-0.3, -0.25) is 18.7 Å². The van der Waals surface area contributed by atoms with Gasteiger partial charge in [0, 0.05) is 137 Å². The molecular weight excluding hydrogens is 1270 g/mol. The third-order valence-electron chi connectivity index (χ3n) is 18.8. The van der Waals surface area contributed by atoms with Gasteiger partial charge >= 0.3 is 11.4 Å². The number of nitrogens with zero attached hydrogens (tertiary/aromatic N) is 12. The molecule has 2 N–H and O–H groups in total. The summed E-state index contributed by atoms with van der Waals surface area (Å²) in [5, 5.41) is 0. The maximum absolute atomic E-state index is 11.8. The number of nitrogens with one attached hydrogen (secondary N) is 2. The van der Waals surface area contributed by atoms with E-state index >= 15 is 0 Å². The number of benzene rings is 8. The smallest absolute Gasteiger partial charge is 0.315 e.